The van der Waals surface area contributed by atoms with Crippen LogP contribution in [0.3, 0.4) is 0 Å². The predicted molar refractivity (Wildman–Crippen MR) is 68.1 cm³/mol. The van der Waals surface area contributed by atoms with E-state index in [9.17, 15) is 5.26 Å². The summed E-state index contributed by atoms with van der Waals surface area (Å²) in [6.45, 7) is 3.55. The van der Waals surface area contributed by atoms with Gasteiger partial charge in [-0.3, -0.25) is 10.00 Å². The summed E-state index contributed by atoms with van der Waals surface area (Å²) in [4.78, 5) is 0. The highest BCUT2D eigenvalue weighted by atomic mass is 16.5. The third kappa shape index (κ3) is 2.65. The molecule has 1 aromatic rings. The molecule has 0 saturated heterocycles. The molecule has 0 amide bonds. The van der Waals surface area contributed by atoms with Crippen LogP contribution < -0.4 is 10.1 Å². The number of aromatic nitrogens is 2. The number of rotatable bonds is 7. The Labute approximate surface area is 108 Å². The quantitative estimate of drug-likeness (QED) is 0.795. The Hall–Kier alpha value is -1.54. The number of methoxy groups -OCH3 is 1. The zero-order chi connectivity index (χ0) is 13.0. The molecule has 1 aliphatic rings. The predicted octanol–water partition coefficient (Wildman–Crippen LogP) is 1.56. The molecule has 0 radical (unpaired) electrons. The number of ether oxygens (including phenoxy) is 1. The third-order valence-corrected chi connectivity index (χ3v) is 3.42. The topological polar surface area (TPSA) is 62.9 Å². The molecule has 1 saturated carbocycles. The van der Waals surface area contributed by atoms with Crippen LogP contribution in [0.2, 0.25) is 0 Å². The van der Waals surface area contributed by atoms with E-state index in [0.717, 1.165) is 31.6 Å². The molecule has 1 heterocycles. The molecule has 0 aliphatic heterocycles. The molecule has 0 bridgehead atoms. The van der Waals surface area contributed by atoms with Gasteiger partial charge in [0.15, 0.2) is 5.75 Å². The fourth-order valence-corrected chi connectivity index (χ4v) is 2.21. The monoisotopic (exact) mass is 248 g/mol. The Morgan fingerprint density at radius 1 is 1.67 bits per heavy atom. The van der Waals surface area contributed by atoms with Crippen molar-refractivity contribution in [3.63, 3.8) is 0 Å². The molecule has 5 nitrogen and oxygen atoms in total. The summed E-state index contributed by atoms with van der Waals surface area (Å²) in [6, 6.07) is 2.48. The highest BCUT2D eigenvalue weighted by molar-refractivity contribution is 5.17. The summed E-state index contributed by atoms with van der Waals surface area (Å²) in [5.41, 5.74) is -0.479. The maximum Gasteiger partial charge on any atom is 0.156 e. The smallest absolute Gasteiger partial charge is 0.156 e. The normalized spacial score (nSPS) is 18.1. The van der Waals surface area contributed by atoms with E-state index in [1.165, 1.54) is 0 Å². The minimum atomic E-state index is -0.479. The molecule has 98 valence electrons. The van der Waals surface area contributed by atoms with Crippen LogP contribution in [0, 0.1) is 17.2 Å². The van der Waals surface area contributed by atoms with Gasteiger partial charge < -0.3 is 4.74 Å². The number of nitrogens with one attached hydrogen (secondary N) is 1. The Morgan fingerprint density at radius 2 is 2.44 bits per heavy atom. The lowest BCUT2D eigenvalue weighted by atomic mass is 9.94. The van der Waals surface area contributed by atoms with Crippen molar-refractivity contribution in [2.24, 2.45) is 5.92 Å². The molecule has 2 rings (SSSR count). The third-order valence-electron chi connectivity index (χ3n) is 3.42. The standard InChI is InChI=1S/C13H20N4O/c1-3-6-15-13(9-14,11-4-5-11)10-17-8-12(18-2)7-16-17/h7-8,11,15H,3-6,10H2,1-2H3. The van der Waals surface area contributed by atoms with Gasteiger partial charge in [0.05, 0.1) is 32.1 Å². The summed E-state index contributed by atoms with van der Waals surface area (Å²) in [5, 5.41) is 17.2. The highest BCUT2D eigenvalue weighted by Gasteiger charge is 2.45. The van der Waals surface area contributed by atoms with Gasteiger partial charge in [0.2, 0.25) is 0 Å². The molecule has 0 spiro atoms. The minimum Gasteiger partial charge on any atom is -0.493 e. The minimum absolute atomic E-state index is 0.448. The van der Waals surface area contributed by atoms with Gasteiger partial charge in [-0.15, -0.1) is 0 Å². The van der Waals surface area contributed by atoms with Crippen molar-refractivity contribution in [2.75, 3.05) is 13.7 Å². The summed E-state index contributed by atoms with van der Waals surface area (Å²) in [5.74, 6) is 1.18. The fraction of sp³-hybridized carbons (Fsp3) is 0.692. The summed E-state index contributed by atoms with van der Waals surface area (Å²) in [7, 11) is 1.62. The first-order valence-corrected chi connectivity index (χ1v) is 6.47. The van der Waals surface area contributed by atoms with Crippen LogP contribution in [-0.4, -0.2) is 29.0 Å². The van der Waals surface area contributed by atoms with E-state index in [4.69, 9.17) is 4.74 Å². The van der Waals surface area contributed by atoms with Crippen molar-refractivity contribution in [3.8, 4) is 11.8 Å². The Morgan fingerprint density at radius 3 is 2.94 bits per heavy atom. The zero-order valence-electron chi connectivity index (χ0n) is 11.0. The van der Waals surface area contributed by atoms with Gasteiger partial charge in [-0.2, -0.15) is 10.4 Å². The molecule has 1 unspecified atom stereocenters. The van der Waals surface area contributed by atoms with Crippen molar-refractivity contribution >= 4 is 0 Å². The fourth-order valence-electron chi connectivity index (χ4n) is 2.21. The first-order chi connectivity index (χ1) is 8.74. The van der Waals surface area contributed by atoms with Crippen molar-refractivity contribution in [1.82, 2.24) is 15.1 Å². The van der Waals surface area contributed by atoms with Crippen molar-refractivity contribution in [3.05, 3.63) is 12.4 Å². The summed E-state index contributed by atoms with van der Waals surface area (Å²) >= 11 is 0. The van der Waals surface area contributed by atoms with Crippen LogP contribution in [0.4, 0.5) is 0 Å². The molecule has 1 aromatic heterocycles. The van der Waals surface area contributed by atoms with E-state index in [1.54, 1.807) is 18.0 Å². The number of nitriles is 1. The average Bonchev–Trinajstić information content (AvgIpc) is 3.16. The molecular formula is C13H20N4O. The van der Waals surface area contributed by atoms with E-state index in [0.29, 0.717) is 12.5 Å². The van der Waals surface area contributed by atoms with E-state index < -0.39 is 5.54 Å². The zero-order valence-corrected chi connectivity index (χ0v) is 11.0. The van der Waals surface area contributed by atoms with Crippen LogP contribution in [0.1, 0.15) is 26.2 Å². The van der Waals surface area contributed by atoms with E-state index in [1.807, 2.05) is 6.20 Å². The van der Waals surface area contributed by atoms with Crippen LogP contribution >= 0.6 is 0 Å². The van der Waals surface area contributed by atoms with Gasteiger partial charge in [-0.05, 0) is 31.7 Å². The second-order valence-corrected chi connectivity index (χ2v) is 4.86. The van der Waals surface area contributed by atoms with Crippen LogP contribution in [0.25, 0.3) is 0 Å². The molecule has 1 atom stereocenters. The van der Waals surface area contributed by atoms with Crippen molar-refractivity contribution in [2.45, 2.75) is 38.3 Å². The molecular weight excluding hydrogens is 228 g/mol. The molecule has 1 fully saturated rings. The van der Waals surface area contributed by atoms with Gasteiger partial charge >= 0.3 is 0 Å². The van der Waals surface area contributed by atoms with Crippen LogP contribution in [0.15, 0.2) is 12.4 Å². The SMILES string of the molecule is CCCNC(C#N)(Cn1cc(OC)cn1)C1CC1. The van der Waals surface area contributed by atoms with Crippen LogP contribution in [-0.2, 0) is 6.54 Å². The number of hydrogen-bond acceptors (Lipinski definition) is 4. The summed E-state index contributed by atoms with van der Waals surface area (Å²) < 4.78 is 6.91. The lowest BCUT2D eigenvalue weighted by molar-refractivity contribution is 0.305. The van der Waals surface area contributed by atoms with Gasteiger partial charge in [0.25, 0.3) is 0 Å². The Bertz CT molecular complexity index is 432. The molecule has 5 heteroatoms. The summed E-state index contributed by atoms with van der Waals surface area (Å²) in [6.07, 6.45) is 6.79. The largest absolute Gasteiger partial charge is 0.493 e. The lowest BCUT2D eigenvalue weighted by Crippen LogP contribution is -2.50. The first-order valence-electron chi connectivity index (χ1n) is 6.47. The average molecular weight is 248 g/mol. The van der Waals surface area contributed by atoms with Gasteiger partial charge in [-0.1, -0.05) is 6.92 Å². The maximum atomic E-state index is 9.55. The van der Waals surface area contributed by atoms with Crippen molar-refractivity contribution < 1.29 is 4.74 Å². The van der Waals surface area contributed by atoms with E-state index >= 15 is 0 Å². The van der Waals surface area contributed by atoms with Crippen LogP contribution in [0.5, 0.6) is 5.75 Å². The second kappa shape index (κ2) is 5.40. The second-order valence-electron chi connectivity index (χ2n) is 4.86. The van der Waals surface area contributed by atoms with E-state index in [2.05, 4.69) is 23.4 Å². The number of nitrogens with zero attached hydrogens (tertiary/aromatic N) is 3. The maximum absolute atomic E-state index is 9.55. The lowest BCUT2D eigenvalue weighted by Gasteiger charge is -2.27. The molecule has 0 aromatic carbocycles. The van der Waals surface area contributed by atoms with Crippen molar-refractivity contribution in [1.29, 1.82) is 5.26 Å². The Kier molecular flexibility index (Phi) is 3.87. The van der Waals surface area contributed by atoms with Gasteiger partial charge in [0.1, 0.15) is 5.54 Å². The van der Waals surface area contributed by atoms with Gasteiger partial charge in [0, 0.05) is 0 Å². The number of hydrogen-bond donors (Lipinski definition) is 1. The van der Waals surface area contributed by atoms with E-state index in [-0.39, 0.29) is 0 Å². The highest BCUT2D eigenvalue weighted by Crippen LogP contribution is 2.40. The van der Waals surface area contributed by atoms with Gasteiger partial charge in [-0.25, -0.2) is 0 Å². The molecule has 1 N–H and O–H groups in total. The first kappa shape index (κ1) is 12.9. The Balaban J connectivity index is 2.11. The molecule has 1 aliphatic carbocycles. The molecule has 18 heavy (non-hydrogen) atoms.